The van der Waals surface area contributed by atoms with E-state index >= 15 is 0 Å². The van der Waals surface area contributed by atoms with Crippen molar-refractivity contribution in [3.05, 3.63) is 46.2 Å². The largest absolute Gasteiger partial charge is 0.395 e. The van der Waals surface area contributed by atoms with Crippen LogP contribution in [-0.2, 0) is 13.0 Å². The highest BCUT2D eigenvalue weighted by Gasteiger charge is 2.15. The molecule has 4 N–H and O–H groups in total. The molecule has 0 fully saturated rings. The molecule has 0 radical (unpaired) electrons. The molecule has 1 amide bonds. The molecular weight excluding hydrogens is 264 g/mol. The van der Waals surface area contributed by atoms with E-state index in [0.717, 1.165) is 11.3 Å². The van der Waals surface area contributed by atoms with Gasteiger partial charge in [-0.05, 0) is 24.1 Å². The number of nitrogens with two attached hydrogens (primary N) is 1. The summed E-state index contributed by atoms with van der Waals surface area (Å²) in [5, 5.41) is 10.1. The second-order valence-electron chi connectivity index (χ2n) is 4.13. The number of anilines is 1. The molecule has 0 saturated carbocycles. The lowest BCUT2D eigenvalue weighted by molar-refractivity contribution is 0.0947. The number of nitrogens with zero attached hydrogens (tertiary/aromatic N) is 1. The van der Waals surface area contributed by atoms with Gasteiger partial charge in [-0.3, -0.25) is 9.89 Å². The van der Waals surface area contributed by atoms with E-state index in [0.29, 0.717) is 23.7 Å². The van der Waals surface area contributed by atoms with Gasteiger partial charge in [0.2, 0.25) is 0 Å². The lowest BCUT2D eigenvalue weighted by atomic mass is 10.2. The number of nitrogens with one attached hydrogen (secondary N) is 2. The van der Waals surface area contributed by atoms with Gasteiger partial charge >= 0.3 is 0 Å². The highest BCUT2D eigenvalue weighted by atomic mass is 35.5. The van der Waals surface area contributed by atoms with E-state index in [1.807, 2.05) is 19.1 Å². The van der Waals surface area contributed by atoms with Gasteiger partial charge in [-0.2, -0.15) is 5.10 Å². The third-order valence-electron chi connectivity index (χ3n) is 2.82. The Balaban J connectivity index is 2.01. The predicted molar refractivity (Wildman–Crippen MR) is 75.0 cm³/mol. The Kier molecular flexibility index (Phi) is 4.06. The predicted octanol–water partition coefficient (Wildman–Crippen LogP) is 2.14. The minimum atomic E-state index is -0.289. The maximum absolute atomic E-state index is 11.9. The molecule has 0 saturated heterocycles. The van der Waals surface area contributed by atoms with E-state index in [4.69, 9.17) is 17.3 Å². The van der Waals surface area contributed by atoms with Crippen LogP contribution in [0, 0.1) is 0 Å². The standard InChI is InChI=1S/C13H15ClN4O/c1-2-10-11(15)12(18-17-10)13(19)16-7-8-3-5-9(14)6-4-8/h3-6H,2,7,15H2,1H3,(H,16,19)(H,17,18). The number of aromatic amines is 1. The third kappa shape index (κ3) is 3.06. The van der Waals surface area contributed by atoms with Crippen molar-refractivity contribution >= 4 is 23.2 Å². The molecule has 0 aliphatic carbocycles. The van der Waals surface area contributed by atoms with Crippen LogP contribution in [0.3, 0.4) is 0 Å². The molecule has 19 heavy (non-hydrogen) atoms. The first-order valence-corrected chi connectivity index (χ1v) is 6.35. The molecule has 0 aliphatic heterocycles. The summed E-state index contributed by atoms with van der Waals surface area (Å²) in [4.78, 5) is 11.9. The minimum Gasteiger partial charge on any atom is -0.395 e. The van der Waals surface area contributed by atoms with Gasteiger partial charge in [0, 0.05) is 11.6 Å². The maximum Gasteiger partial charge on any atom is 0.274 e. The molecule has 0 atom stereocenters. The van der Waals surface area contributed by atoms with Gasteiger partial charge in [-0.1, -0.05) is 30.7 Å². The van der Waals surface area contributed by atoms with Gasteiger partial charge in [-0.25, -0.2) is 0 Å². The van der Waals surface area contributed by atoms with E-state index < -0.39 is 0 Å². The molecule has 0 bridgehead atoms. The van der Waals surface area contributed by atoms with Crippen molar-refractivity contribution in [2.45, 2.75) is 19.9 Å². The van der Waals surface area contributed by atoms with E-state index in [1.165, 1.54) is 0 Å². The van der Waals surface area contributed by atoms with E-state index in [-0.39, 0.29) is 11.6 Å². The van der Waals surface area contributed by atoms with E-state index in [2.05, 4.69) is 15.5 Å². The van der Waals surface area contributed by atoms with Gasteiger partial charge in [0.05, 0.1) is 11.4 Å². The molecule has 1 heterocycles. The summed E-state index contributed by atoms with van der Waals surface area (Å²) in [6, 6.07) is 7.27. The minimum absolute atomic E-state index is 0.241. The lowest BCUT2D eigenvalue weighted by Crippen LogP contribution is -2.24. The Hall–Kier alpha value is -2.01. The SMILES string of the molecule is CCc1[nH]nc(C(=O)NCc2ccc(Cl)cc2)c1N. The monoisotopic (exact) mass is 278 g/mol. The number of rotatable bonds is 4. The van der Waals surface area contributed by atoms with Crippen molar-refractivity contribution in [1.82, 2.24) is 15.5 Å². The molecule has 1 aromatic carbocycles. The number of carbonyl (C=O) groups excluding carboxylic acids is 1. The second kappa shape index (κ2) is 5.75. The third-order valence-corrected chi connectivity index (χ3v) is 3.07. The highest BCUT2D eigenvalue weighted by Crippen LogP contribution is 2.14. The van der Waals surface area contributed by atoms with Crippen LogP contribution in [0.2, 0.25) is 5.02 Å². The fraction of sp³-hybridized carbons (Fsp3) is 0.231. The number of benzene rings is 1. The number of H-pyrrole nitrogens is 1. The van der Waals surface area contributed by atoms with E-state index in [1.54, 1.807) is 12.1 Å². The summed E-state index contributed by atoms with van der Waals surface area (Å²) in [6.45, 7) is 2.35. The molecule has 5 nitrogen and oxygen atoms in total. The molecule has 1 aromatic heterocycles. The van der Waals surface area contributed by atoms with Crippen molar-refractivity contribution < 1.29 is 4.79 Å². The lowest BCUT2D eigenvalue weighted by Gasteiger charge is -2.04. The highest BCUT2D eigenvalue weighted by molar-refractivity contribution is 6.30. The number of hydrogen-bond acceptors (Lipinski definition) is 3. The van der Waals surface area contributed by atoms with Crippen LogP contribution in [0.25, 0.3) is 0 Å². The Morgan fingerprint density at radius 2 is 2.11 bits per heavy atom. The van der Waals surface area contributed by atoms with Crippen LogP contribution >= 0.6 is 11.6 Å². The van der Waals surface area contributed by atoms with Crippen LogP contribution in [0.1, 0.15) is 28.7 Å². The molecule has 100 valence electrons. The molecule has 0 unspecified atom stereocenters. The summed E-state index contributed by atoms with van der Waals surface area (Å²) in [5.74, 6) is -0.289. The summed E-state index contributed by atoms with van der Waals surface area (Å²) in [7, 11) is 0. The van der Waals surface area contributed by atoms with Gasteiger partial charge in [0.1, 0.15) is 0 Å². The average Bonchev–Trinajstić information content (AvgIpc) is 2.79. The first-order chi connectivity index (χ1) is 9.11. The number of nitrogen functional groups attached to an aromatic ring is 1. The zero-order valence-electron chi connectivity index (χ0n) is 10.5. The zero-order chi connectivity index (χ0) is 13.8. The van der Waals surface area contributed by atoms with Gasteiger partial charge in [0.25, 0.3) is 5.91 Å². The normalized spacial score (nSPS) is 10.4. The summed E-state index contributed by atoms with van der Waals surface area (Å²) < 4.78 is 0. The average molecular weight is 279 g/mol. The van der Waals surface area contributed by atoms with Crippen molar-refractivity contribution in [3.8, 4) is 0 Å². The van der Waals surface area contributed by atoms with Crippen LogP contribution in [0.5, 0.6) is 0 Å². The first-order valence-electron chi connectivity index (χ1n) is 5.97. The zero-order valence-corrected chi connectivity index (χ0v) is 11.3. The summed E-state index contributed by atoms with van der Waals surface area (Å²) in [6.07, 6.45) is 0.712. The molecular formula is C13H15ClN4O. The number of aryl methyl sites for hydroxylation is 1. The number of hydrogen-bond donors (Lipinski definition) is 3. The molecule has 2 aromatic rings. The Labute approximate surface area is 116 Å². The fourth-order valence-electron chi connectivity index (χ4n) is 1.70. The van der Waals surface area contributed by atoms with Crippen molar-refractivity contribution in [3.63, 3.8) is 0 Å². The van der Waals surface area contributed by atoms with Gasteiger partial charge < -0.3 is 11.1 Å². The number of carbonyl (C=O) groups is 1. The van der Waals surface area contributed by atoms with Crippen LogP contribution < -0.4 is 11.1 Å². The maximum atomic E-state index is 11.9. The van der Waals surface area contributed by atoms with Gasteiger partial charge in [-0.15, -0.1) is 0 Å². The number of halogens is 1. The second-order valence-corrected chi connectivity index (χ2v) is 4.56. The number of aromatic nitrogens is 2. The Bertz CT molecular complexity index is 577. The van der Waals surface area contributed by atoms with Crippen LogP contribution in [-0.4, -0.2) is 16.1 Å². The summed E-state index contributed by atoms with van der Waals surface area (Å²) in [5.41, 5.74) is 8.22. The van der Waals surface area contributed by atoms with Crippen molar-refractivity contribution in [1.29, 1.82) is 0 Å². The van der Waals surface area contributed by atoms with Crippen LogP contribution in [0.4, 0.5) is 5.69 Å². The van der Waals surface area contributed by atoms with Crippen molar-refractivity contribution in [2.24, 2.45) is 0 Å². The van der Waals surface area contributed by atoms with Gasteiger partial charge in [0.15, 0.2) is 5.69 Å². The molecule has 6 heteroatoms. The smallest absolute Gasteiger partial charge is 0.274 e. The molecule has 0 aliphatic rings. The Morgan fingerprint density at radius 3 is 2.68 bits per heavy atom. The molecule has 0 spiro atoms. The Morgan fingerprint density at radius 1 is 1.42 bits per heavy atom. The quantitative estimate of drug-likeness (QED) is 0.801. The summed E-state index contributed by atoms with van der Waals surface area (Å²) >= 11 is 5.79. The van der Waals surface area contributed by atoms with E-state index in [9.17, 15) is 4.79 Å². The topological polar surface area (TPSA) is 83.8 Å². The molecule has 2 rings (SSSR count). The number of amides is 1. The van der Waals surface area contributed by atoms with Crippen molar-refractivity contribution in [2.75, 3.05) is 5.73 Å². The first kappa shape index (κ1) is 13.4. The van der Waals surface area contributed by atoms with Crippen LogP contribution in [0.15, 0.2) is 24.3 Å². The fourth-order valence-corrected chi connectivity index (χ4v) is 1.82.